The zero-order valence-electron chi connectivity index (χ0n) is 11.4. The van der Waals surface area contributed by atoms with Crippen molar-refractivity contribution in [2.75, 3.05) is 6.54 Å². The van der Waals surface area contributed by atoms with Crippen LogP contribution in [0.1, 0.15) is 29.7 Å². The summed E-state index contributed by atoms with van der Waals surface area (Å²) in [6.45, 7) is 4.99. The normalized spacial score (nSPS) is 12.4. The third-order valence-corrected chi connectivity index (χ3v) is 4.20. The van der Waals surface area contributed by atoms with Crippen LogP contribution in [-0.4, -0.2) is 6.54 Å². The maximum absolute atomic E-state index is 6.13. The quantitative estimate of drug-likeness (QED) is 0.764. The predicted octanol–water partition coefficient (Wildman–Crippen LogP) is 5.65. The van der Waals surface area contributed by atoms with Gasteiger partial charge in [0.2, 0.25) is 0 Å². The fourth-order valence-corrected chi connectivity index (χ4v) is 2.80. The summed E-state index contributed by atoms with van der Waals surface area (Å²) in [7, 11) is 0. The molecule has 106 valence electrons. The molecule has 0 saturated carbocycles. The summed E-state index contributed by atoms with van der Waals surface area (Å²) in [4.78, 5) is 0. The lowest BCUT2D eigenvalue weighted by molar-refractivity contribution is 0.628. The van der Waals surface area contributed by atoms with Crippen LogP contribution in [0.4, 0.5) is 0 Å². The molecule has 1 nitrogen and oxygen atoms in total. The summed E-state index contributed by atoms with van der Waals surface area (Å²) in [5, 5.41) is 5.36. The second-order valence-corrected chi connectivity index (χ2v) is 5.92. The van der Waals surface area contributed by atoms with Gasteiger partial charge in [0, 0.05) is 5.02 Å². The van der Waals surface area contributed by atoms with Gasteiger partial charge in [0.05, 0.1) is 16.1 Å². The molecule has 0 radical (unpaired) electrons. The van der Waals surface area contributed by atoms with Crippen LogP contribution in [0.3, 0.4) is 0 Å². The van der Waals surface area contributed by atoms with Crippen LogP contribution in [0.25, 0.3) is 0 Å². The van der Waals surface area contributed by atoms with Crippen molar-refractivity contribution in [2.24, 2.45) is 0 Å². The van der Waals surface area contributed by atoms with Gasteiger partial charge in [-0.1, -0.05) is 53.9 Å². The van der Waals surface area contributed by atoms with Crippen LogP contribution < -0.4 is 5.32 Å². The van der Waals surface area contributed by atoms with Crippen LogP contribution in [0.2, 0.25) is 15.1 Å². The first kappa shape index (κ1) is 15.7. The summed E-state index contributed by atoms with van der Waals surface area (Å²) in [5.41, 5.74) is 3.43. The van der Waals surface area contributed by atoms with E-state index in [0.29, 0.717) is 10.0 Å². The second-order valence-electron chi connectivity index (χ2n) is 4.67. The lowest BCUT2D eigenvalue weighted by Gasteiger charge is -2.21. The maximum atomic E-state index is 6.13. The van der Waals surface area contributed by atoms with E-state index in [1.165, 1.54) is 5.56 Å². The van der Waals surface area contributed by atoms with Gasteiger partial charge in [-0.3, -0.25) is 0 Å². The number of benzene rings is 2. The Labute approximate surface area is 134 Å². The van der Waals surface area contributed by atoms with Crippen molar-refractivity contribution < 1.29 is 0 Å². The van der Waals surface area contributed by atoms with Crippen molar-refractivity contribution in [3.63, 3.8) is 0 Å². The molecule has 0 heterocycles. The molecule has 0 amide bonds. The molecule has 0 aliphatic heterocycles. The molecule has 1 N–H and O–H groups in total. The van der Waals surface area contributed by atoms with E-state index < -0.39 is 0 Å². The average molecular weight is 329 g/mol. The van der Waals surface area contributed by atoms with Crippen molar-refractivity contribution in [3.8, 4) is 0 Å². The Hall–Kier alpha value is -0.730. The molecule has 0 aromatic heterocycles. The first-order valence-corrected chi connectivity index (χ1v) is 7.60. The fourth-order valence-electron chi connectivity index (χ4n) is 2.27. The second kappa shape index (κ2) is 6.82. The highest BCUT2D eigenvalue weighted by molar-refractivity contribution is 6.42. The zero-order valence-corrected chi connectivity index (χ0v) is 13.7. The Balaban J connectivity index is 2.47. The minimum atomic E-state index is 0.0760. The Morgan fingerprint density at radius 3 is 2.35 bits per heavy atom. The molecule has 0 saturated heterocycles. The molecule has 1 atom stereocenters. The van der Waals surface area contributed by atoms with Gasteiger partial charge in [0.1, 0.15) is 0 Å². The Morgan fingerprint density at radius 1 is 1.00 bits per heavy atom. The summed E-state index contributed by atoms with van der Waals surface area (Å²) >= 11 is 18.2. The average Bonchev–Trinajstić information content (AvgIpc) is 2.40. The number of rotatable bonds is 4. The summed E-state index contributed by atoms with van der Waals surface area (Å²) in [6, 6.07) is 11.7. The first-order chi connectivity index (χ1) is 9.52. The molecule has 2 aromatic rings. The van der Waals surface area contributed by atoms with Gasteiger partial charge in [0.15, 0.2) is 0 Å². The van der Waals surface area contributed by atoms with E-state index in [4.69, 9.17) is 34.8 Å². The van der Waals surface area contributed by atoms with Gasteiger partial charge >= 0.3 is 0 Å². The van der Waals surface area contributed by atoms with Gasteiger partial charge < -0.3 is 5.32 Å². The fraction of sp³-hybridized carbons (Fsp3) is 0.250. The van der Waals surface area contributed by atoms with E-state index in [-0.39, 0.29) is 6.04 Å². The van der Waals surface area contributed by atoms with Crippen LogP contribution in [0, 0.1) is 6.92 Å². The van der Waals surface area contributed by atoms with E-state index in [1.807, 2.05) is 36.4 Å². The molecular formula is C16H16Cl3N. The van der Waals surface area contributed by atoms with E-state index >= 15 is 0 Å². The Morgan fingerprint density at radius 2 is 1.75 bits per heavy atom. The molecule has 4 heteroatoms. The molecule has 0 fully saturated rings. The zero-order chi connectivity index (χ0) is 14.7. The molecule has 0 spiro atoms. The Bertz CT molecular complexity index is 611. The van der Waals surface area contributed by atoms with Crippen molar-refractivity contribution in [1.82, 2.24) is 5.32 Å². The SMILES string of the molecule is CCNC(c1ccc(Cl)c(Cl)c1)c1ccc(Cl)cc1C. The number of hydrogen-bond donors (Lipinski definition) is 1. The molecule has 0 bridgehead atoms. The van der Waals surface area contributed by atoms with Crippen molar-refractivity contribution in [3.05, 3.63) is 68.2 Å². The van der Waals surface area contributed by atoms with E-state index in [0.717, 1.165) is 22.7 Å². The largest absolute Gasteiger partial charge is 0.307 e. The molecular weight excluding hydrogens is 313 g/mol. The third kappa shape index (κ3) is 3.48. The van der Waals surface area contributed by atoms with Crippen LogP contribution >= 0.6 is 34.8 Å². The molecule has 0 aliphatic rings. The summed E-state index contributed by atoms with van der Waals surface area (Å²) in [6.07, 6.45) is 0. The van der Waals surface area contributed by atoms with Gasteiger partial charge in [-0.25, -0.2) is 0 Å². The number of hydrogen-bond acceptors (Lipinski definition) is 1. The van der Waals surface area contributed by atoms with Gasteiger partial charge in [-0.2, -0.15) is 0 Å². The van der Waals surface area contributed by atoms with Crippen LogP contribution in [0.15, 0.2) is 36.4 Å². The molecule has 2 aromatic carbocycles. The summed E-state index contributed by atoms with van der Waals surface area (Å²) in [5.74, 6) is 0. The smallest absolute Gasteiger partial charge is 0.0595 e. The van der Waals surface area contributed by atoms with Crippen LogP contribution in [0.5, 0.6) is 0 Å². The lowest BCUT2D eigenvalue weighted by atomic mass is 9.95. The van der Waals surface area contributed by atoms with Crippen LogP contribution in [-0.2, 0) is 0 Å². The standard InChI is InChI=1S/C16H16Cl3N/c1-3-20-16(11-4-7-14(18)15(19)9-11)13-6-5-12(17)8-10(13)2/h4-9,16,20H,3H2,1-2H3. The highest BCUT2D eigenvalue weighted by Gasteiger charge is 2.16. The topological polar surface area (TPSA) is 12.0 Å². The predicted molar refractivity (Wildman–Crippen MR) is 88.2 cm³/mol. The third-order valence-electron chi connectivity index (χ3n) is 3.23. The highest BCUT2D eigenvalue weighted by atomic mass is 35.5. The minimum Gasteiger partial charge on any atom is -0.307 e. The van der Waals surface area contributed by atoms with Gasteiger partial charge in [0.25, 0.3) is 0 Å². The van der Waals surface area contributed by atoms with Crippen molar-refractivity contribution >= 4 is 34.8 Å². The van der Waals surface area contributed by atoms with Crippen molar-refractivity contribution in [1.29, 1.82) is 0 Å². The molecule has 0 aliphatic carbocycles. The monoisotopic (exact) mass is 327 g/mol. The highest BCUT2D eigenvalue weighted by Crippen LogP contribution is 2.31. The summed E-state index contributed by atoms with van der Waals surface area (Å²) < 4.78 is 0. The maximum Gasteiger partial charge on any atom is 0.0595 e. The molecule has 20 heavy (non-hydrogen) atoms. The van der Waals surface area contributed by atoms with Crippen molar-refractivity contribution in [2.45, 2.75) is 19.9 Å². The lowest BCUT2D eigenvalue weighted by Crippen LogP contribution is -2.22. The van der Waals surface area contributed by atoms with Gasteiger partial charge in [-0.15, -0.1) is 0 Å². The van der Waals surface area contributed by atoms with E-state index in [9.17, 15) is 0 Å². The number of halogens is 3. The minimum absolute atomic E-state index is 0.0760. The first-order valence-electron chi connectivity index (χ1n) is 6.47. The number of aryl methyl sites for hydroxylation is 1. The van der Waals surface area contributed by atoms with E-state index in [2.05, 4.69) is 19.2 Å². The number of nitrogens with one attached hydrogen (secondary N) is 1. The molecule has 1 unspecified atom stereocenters. The molecule has 2 rings (SSSR count). The van der Waals surface area contributed by atoms with Gasteiger partial charge in [-0.05, 0) is 54.4 Å². The Kier molecular flexibility index (Phi) is 5.34. The van der Waals surface area contributed by atoms with E-state index in [1.54, 1.807) is 0 Å².